The summed E-state index contributed by atoms with van der Waals surface area (Å²) in [5.41, 5.74) is 3.45. The molecule has 0 aliphatic heterocycles. The molecule has 0 atom stereocenters. The first-order valence-corrected chi connectivity index (χ1v) is 8.10. The highest BCUT2D eigenvalue weighted by Gasteiger charge is 2.16. The van der Waals surface area contributed by atoms with Crippen LogP contribution in [0.5, 0.6) is 0 Å². The van der Waals surface area contributed by atoms with E-state index in [0.717, 1.165) is 27.7 Å². The Morgan fingerprint density at radius 3 is 2.42 bits per heavy atom. The summed E-state index contributed by atoms with van der Waals surface area (Å²) in [5.74, 6) is -0.372. The van der Waals surface area contributed by atoms with Crippen molar-refractivity contribution in [3.05, 3.63) is 41.1 Å². The highest BCUT2D eigenvalue weighted by Crippen LogP contribution is 2.22. The number of hydrogen-bond donors (Lipinski definition) is 2. The van der Waals surface area contributed by atoms with Gasteiger partial charge in [-0.1, -0.05) is 18.2 Å². The molecule has 1 aromatic carbocycles. The molecular weight excluding hydrogens is 302 g/mol. The number of carbonyl (C=O) groups is 2. The van der Waals surface area contributed by atoms with Crippen molar-refractivity contribution >= 4 is 22.7 Å². The molecule has 0 radical (unpaired) electrons. The molecule has 2 amide bonds. The minimum Gasteiger partial charge on any atom is -0.350 e. The van der Waals surface area contributed by atoms with Crippen LogP contribution in [0.25, 0.3) is 10.9 Å². The van der Waals surface area contributed by atoms with Crippen molar-refractivity contribution in [3.8, 4) is 0 Å². The van der Waals surface area contributed by atoms with Crippen molar-refractivity contribution in [2.45, 2.75) is 46.6 Å². The van der Waals surface area contributed by atoms with Crippen molar-refractivity contribution in [1.29, 1.82) is 0 Å². The second kappa shape index (κ2) is 6.99. The number of rotatable bonds is 4. The summed E-state index contributed by atoms with van der Waals surface area (Å²) in [6.07, 6.45) is 0.221. The van der Waals surface area contributed by atoms with E-state index in [1.54, 1.807) is 0 Å². The molecule has 2 rings (SSSR count). The third-order valence-electron chi connectivity index (χ3n) is 3.78. The lowest BCUT2D eigenvalue weighted by atomic mass is 9.99. The van der Waals surface area contributed by atoms with E-state index in [-0.39, 0.29) is 30.3 Å². The summed E-state index contributed by atoms with van der Waals surface area (Å²) < 4.78 is 0. The monoisotopic (exact) mass is 327 g/mol. The quantitative estimate of drug-likeness (QED) is 0.906. The van der Waals surface area contributed by atoms with Crippen LogP contribution in [0.1, 0.15) is 37.6 Å². The van der Waals surface area contributed by atoms with E-state index in [1.165, 1.54) is 0 Å². The maximum absolute atomic E-state index is 12.2. The maximum Gasteiger partial charge on any atom is 0.239 e. The van der Waals surface area contributed by atoms with Gasteiger partial charge in [0.15, 0.2) is 0 Å². The van der Waals surface area contributed by atoms with Crippen LogP contribution in [-0.2, 0) is 16.0 Å². The fourth-order valence-electron chi connectivity index (χ4n) is 2.70. The molecule has 0 spiro atoms. The molecule has 5 heteroatoms. The lowest BCUT2D eigenvalue weighted by molar-refractivity contribution is -0.126. The Labute approximate surface area is 142 Å². The first-order chi connectivity index (χ1) is 11.2. The molecule has 0 fully saturated rings. The molecule has 1 heterocycles. The predicted molar refractivity (Wildman–Crippen MR) is 95.8 cm³/mol. The normalized spacial score (nSPS) is 11.4. The van der Waals surface area contributed by atoms with Gasteiger partial charge in [0, 0.05) is 16.6 Å². The molecule has 24 heavy (non-hydrogen) atoms. The third-order valence-corrected chi connectivity index (χ3v) is 3.78. The minimum atomic E-state index is -0.308. The van der Waals surface area contributed by atoms with E-state index in [1.807, 2.05) is 58.9 Å². The summed E-state index contributed by atoms with van der Waals surface area (Å²) in [6, 6.07) is 7.90. The lowest BCUT2D eigenvalue weighted by Crippen LogP contribution is -2.46. The fourth-order valence-corrected chi connectivity index (χ4v) is 2.70. The average molecular weight is 327 g/mol. The number of para-hydroxylation sites is 1. The second-order valence-corrected chi connectivity index (χ2v) is 7.07. The summed E-state index contributed by atoms with van der Waals surface area (Å²) in [4.78, 5) is 28.6. The van der Waals surface area contributed by atoms with Crippen LogP contribution in [0.2, 0.25) is 0 Å². The van der Waals surface area contributed by atoms with Crippen molar-refractivity contribution in [1.82, 2.24) is 15.6 Å². The number of fused-ring (bicyclic) bond motifs is 1. The van der Waals surface area contributed by atoms with E-state index in [4.69, 9.17) is 0 Å². The summed E-state index contributed by atoms with van der Waals surface area (Å²) >= 11 is 0. The lowest BCUT2D eigenvalue weighted by Gasteiger charge is -2.20. The Bertz CT molecular complexity index is 776. The Kier molecular flexibility index (Phi) is 5.22. The predicted octanol–water partition coefficient (Wildman–Crippen LogP) is 2.43. The molecule has 0 unspecified atom stereocenters. The van der Waals surface area contributed by atoms with Crippen LogP contribution < -0.4 is 10.6 Å². The third kappa shape index (κ3) is 4.54. The number of aromatic nitrogens is 1. The van der Waals surface area contributed by atoms with Gasteiger partial charge in [-0.3, -0.25) is 14.6 Å². The first kappa shape index (κ1) is 17.9. The van der Waals surface area contributed by atoms with Gasteiger partial charge in [0.2, 0.25) is 11.8 Å². The van der Waals surface area contributed by atoms with Crippen LogP contribution in [-0.4, -0.2) is 28.9 Å². The molecule has 0 saturated heterocycles. The van der Waals surface area contributed by atoms with E-state index in [2.05, 4.69) is 15.6 Å². The molecule has 1 aromatic heterocycles. The molecule has 2 N–H and O–H groups in total. The molecule has 0 aliphatic carbocycles. The fraction of sp³-hybridized carbons (Fsp3) is 0.421. The van der Waals surface area contributed by atoms with E-state index >= 15 is 0 Å². The van der Waals surface area contributed by atoms with E-state index in [9.17, 15) is 9.59 Å². The maximum atomic E-state index is 12.2. The Hall–Kier alpha value is -2.43. The number of pyridine rings is 1. The Morgan fingerprint density at radius 2 is 1.75 bits per heavy atom. The van der Waals surface area contributed by atoms with Gasteiger partial charge in [-0.25, -0.2) is 0 Å². The number of nitrogens with one attached hydrogen (secondary N) is 2. The number of amides is 2. The van der Waals surface area contributed by atoms with Crippen LogP contribution in [0, 0.1) is 13.8 Å². The Balaban J connectivity index is 2.07. The highest BCUT2D eigenvalue weighted by molar-refractivity contribution is 5.88. The van der Waals surface area contributed by atoms with Crippen molar-refractivity contribution in [2.24, 2.45) is 0 Å². The molecular formula is C19H25N3O2. The smallest absolute Gasteiger partial charge is 0.239 e. The van der Waals surface area contributed by atoms with Crippen molar-refractivity contribution in [2.75, 3.05) is 6.54 Å². The zero-order valence-electron chi connectivity index (χ0n) is 15.0. The number of carbonyl (C=O) groups excluding carboxylic acids is 2. The van der Waals surface area contributed by atoms with Gasteiger partial charge in [-0.2, -0.15) is 0 Å². The molecule has 0 bridgehead atoms. The van der Waals surface area contributed by atoms with Crippen molar-refractivity contribution in [3.63, 3.8) is 0 Å². The molecule has 0 saturated carbocycles. The molecule has 5 nitrogen and oxygen atoms in total. The van der Waals surface area contributed by atoms with Crippen LogP contribution in [0.4, 0.5) is 0 Å². The van der Waals surface area contributed by atoms with Crippen LogP contribution in [0.3, 0.4) is 0 Å². The van der Waals surface area contributed by atoms with Gasteiger partial charge in [-0.05, 0) is 51.8 Å². The van der Waals surface area contributed by atoms with E-state index < -0.39 is 0 Å². The highest BCUT2D eigenvalue weighted by atomic mass is 16.2. The van der Waals surface area contributed by atoms with Gasteiger partial charge in [0.05, 0.1) is 18.5 Å². The Morgan fingerprint density at radius 1 is 1.08 bits per heavy atom. The molecule has 0 aliphatic rings. The second-order valence-electron chi connectivity index (χ2n) is 7.07. The van der Waals surface area contributed by atoms with Gasteiger partial charge >= 0.3 is 0 Å². The van der Waals surface area contributed by atoms with Gasteiger partial charge < -0.3 is 10.6 Å². The van der Waals surface area contributed by atoms with Gasteiger partial charge in [0.25, 0.3) is 0 Å². The van der Waals surface area contributed by atoms with Crippen LogP contribution in [0.15, 0.2) is 24.3 Å². The summed E-state index contributed by atoms with van der Waals surface area (Å²) in [7, 11) is 0. The summed E-state index contributed by atoms with van der Waals surface area (Å²) in [6.45, 7) is 9.61. The molecule has 128 valence electrons. The van der Waals surface area contributed by atoms with Gasteiger partial charge in [0.1, 0.15) is 0 Å². The number of aryl methyl sites for hydroxylation is 2. The largest absolute Gasteiger partial charge is 0.350 e. The zero-order valence-corrected chi connectivity index (χ0v) is 15.0. The van der Waals surface area contributed by atoms with E-state index in [0.29, 0.717) is 0 Å². The number of benzene rings is 1. The van der Waals surface area contributed by atoms with Crippen molar-refractivity contribution < 1.29 is 9.59 Å². The van der Waals surface area contributed by atoms with Gasteiger partial charge in [-0.15, -0.1) is 0 Å². The zero-order chi connectivity index (χ0) is 17.9. The first-order valence-electron chi connectivity index (χ1n) is 8.10. The number of nitrogens with zero attached hydrogens (tertiary/aromatic N) is 1. The SMILES string of the molecule is Cc1nc2ccccc2c(C)c1CC(=O)NCC(=O)NC(C)(C)C. The standard InChI is InChI=1S/C19H25N3O2/c1-12-14-8-6-7-9-16(14)21-13(2)15(12)10-17(23)20-11-18(24)22-19(3,4)5/h6-9H,10-11H2,1-5H3,(H,20,23)(H,22,24). The molecule has 2 aromatic rings. The minimum absolute atomic E-state index is 0.0186. The number of hydrogen-bond acceptors (Lipinski definition) is 3. The summed E-state index contributed by atoms with van der Waals surface area (Å²) in [5, 5.41) is 6.55. The average Bonchev–Trinajstić information content (AvgIpc) is 2.48. The van der Waals surface area contributed by atoms with Crippen LogP contribution >= 0.6 is 0 Å². The topological polar surface area (TPSA) is 71.1 Å².